The largest absolute Gasteiger partial charge is 0.335 e. The minimum absolute atomic E-state index is 0.0446. The number of nitrogens with one attached hydrogen (secondary N) is 1. The zero-order valence-electron chi connectivity index (χ0n) is 15.2. The summed E-state index contributed by atoms with van der Waals surface area (Å²) < 4.78 is 27.6. The van der Waals surface area contributed by atoms with E-state index in [2.05, 4.69) is 16.9 Å². The molecule has 0 aromatic heterocycles. The zero-order valence-corrected chi connectivity index (χ0v) is 16.0. The molecular formula is C21H24N2O3S. The molecule has 1 heterocycles. The van der Waals surface area contributed by atoms with E-state index < -0.39 is 10.0 Å². The number of likely N-dealkylation sites (tertiary alicyclic amines) is 1. The molecule has 0 radical (unpaired) electrons. The van der Waals surface area contributed by atoms with Gasteiger partial charge in [0.2, 0.25) is 10.0 Å². The molecule has 2 aliphatic rings. The van der Waals surface area contributed by atoms with Gasteiger partial charge in [0.15, 0.2) is 0 Å². The van der Waals surface area contributed by atoms with Crippen LogP contribution in [0.25, 0.3) is 0 Å². The van der Waals surface area contributed by atoms with E-state index in [0.29, 0.717) is 12.1 Å². The first-order valence-electron chi connectivity index (χ1n) is 9.50. The van der Waals surface area contributed by atoms with Crippen LogP contribution in [0.3, 0.4) is 0 Å². The average Bonchev–Trinajstić information content (AvgIpc) is 3.36. The topological polar surface area (TPSA) is 66.5 Å². The highest BCUT2D eigenvalue weighted by Crippen LogP contribution is 2.25. The molecule has 1 amide bonds. The lowest BCUT2D eigenvalue weighted by molar-refractivity contribution is 0.0736. The maximum Gasteiger partial charge on any atom is 0.254 e. The number of hydrogen-bond donors (Lipinski definition) is 1. The van der Waals surface area contributed by atoms with Gasteiger partial charge in [-0.3, -0.25) is 4.79 Å². The molecule has 4 rings (SSSR count). The predicted octanol–water partition coefficient (Wildman–Crippen LogP) is 2.97. The van der Waals surface area contributed by atoms with Crippen molar-refractivity contribution < 1.29 is 13.2 Å². The Morgan fingerprint density at radius 2 is 1.81 bits per heavy atom. The molecule has 27 heavy (non-hydrogen) atoms. The first kappa shape index (κ1) is 18.2. The van der Waals surface area contributed by atoms with E-state index in [-0.39, 0.29) is 22.9 Å². The second-order valence-electron chi connectivity index (χ2n) is 7.41. The summed E-state index contributed by atoms with van der Waals surface area (Å²) in [6.45, 7) is 0.716. The van der Waals surface area contributed by atoms with Crippen molar-refractivity contribution in [3.63, 3.8) is 0 Å². The summed E-state index contributed by atoms with van der Waals surface area (Å²) in [6.07, 6.45) is 4.54. The molecule has 1 aliphatic carbocycles. The molecule has 1 saturated carbocycles. The molecule has 2 aromatic carbocycles. The van der Waals surface area contributed by atoms with Crippen molar-refractivity contribution >= 4 is 15.9 Å². The number of hydrogen-bond acceptors (Lipinski definition) is 3. The summed E-state index contributed by atoms with van der Waals surface area (Å²) in [7, 11) is -3.56. The van der Waals surface area contributed by atoms with Crippen LogP contribution in [0.2, 0.25) is 0 Å². The Balaban J connectivity index is 1.52. The van der Waals surface area contributed by atoms with Gasteiger partial charge >= 0.3 is 0 Å². The van der Waals surface area contributed by atoms with Crippen LogP contribution in [0, 0.1) is 0 Å². The van der Waals surface area contributed by atoms with Gasteiger partial charge in [0, 0.05) is 24.2 Å². The van der Waals surface area contributed by atoms with Crippen LogP contribution in [-0.4, -0.2) is 37.9 Å². The number of benzene rings is 2. The van der Waals surface area contributed by atoms with Gasteiger partial charge in [-0.15, -0.1) is 0 Å². The number of carbonyl (C=O) groups is 1. The maximum absolute atomic E-state index is 13.1. The highest BCUT2D eigenvalue weighted by atomic mass is 32.2. The van der Waals surface area contributed by atoms with Crippen molar-refractivity contribution in [3.05, 3.63) is 65.7 Å². The van der Waals surface area contributed by atoms with Crippen LogP contribution in [-0.2, 0) is 16.4 Å². The quantitative estimate of drug-likeness (QED) is 0.833. The van der Waals surface area contributed by atoms with Gasteiger partial charge in [-0.1, -0.05) is 36.4 Å². The molecular weight excluding hydrogens is 360 g/mol. The number of carbonyl (C=O) groups excluding carboxylic acids is 1. The smallest absolute Gasteiger partial charge is 0.254 e. The number of amides is 1. The van der Waals surface area contributed by atoms with E-state index in [1.165, 1.54) is 11.6 Å². The van der Waals surface area contributed by atoms with Crippen molar-refractivity contribution in [2.75, 3.05) is 6.54 Å². The summed E-state index contributed by atoms with van der Waals surface area (Å²) in [6, 6.07) is 16.8. The standard InChI is InChI=1S/C21H24N2O3S/c24-21(23-13-5-9-19(23)14-16-6-2-1-3-7-16)17-8-4-10-20(15-17)27(25,26)22-18-11-12-18/h1-4,6-8,10,15,18-19,22H,5,9,11-14H2. The highest BCUT2D eigenvalue weighted by Gasteiger charge is 2.31. The minimum atomic E-state index is -3.56. The van der Waals surface area contributed by atoms with Crippen LogP contribution in [0.4, 0.5) is 0 Å². The maximum atomic E-state index is 13.1. The zero-order chi connectivity index (χ0) is 18.9. The Hall–Kier alpha value is -2.18. The van der Waals surface area contributed by atoms with Crippen molar-refractivity contribution in [2.24, 2.45) is 0 Å². The minimum Gasteiger partial charge on any atom is -0.335 e. The Kier molecular flexibility index (Phi) is 5.02. The van der Waals surface area contributed by atoms with Crippen LogP contribution >= 0.6 is 0 Å². The Morgan fingerprint density at radius 1 is 1.04 bits per heavy atom. The Morgan fingerprint density at radius 3 is 2.56 bits per heavy atom. The summed E-state index contributed by atoms with van der Waals surface area (Å²) in [5.41, 5.74) is 1.65. The first-order chi connectivity index (χ1) is 13.0. The van der Waals surface area contributed by atoms with Gasteiger partial charge < -0.3 is 4.90 Å². The summed E-state index contributed by atoms with van der Waals surface area (Å²) >= 11 is 0. The van der Waals surface area contributed by atoms with Crippen molar-refractivity contribution in [3.8, 4) is 0 Å². The second-order valence-corrected chi connectivity index (χ2v) is 9.12. The Bertz CT molecular complexity index is 923. The lowest BCUT2D eigenvalue weighted by Gasteiger charge is -2.25. The number of sulfonamides is 1. The van der Waals surface area contributed by atoms with Gasteiger partial charge in [-0.2, -0.15) is 0 Å². The molecule has 2 aromatic rings. The SMILES string of the molecule is O=C(c1cccc(S(=O)(=O)NC2CC2)c1)N1CCCC1Cc1ccccc1. The lowest BCUT2D eigenvalue weighted by Crippen LogP contribution is -2.37. The van der Waals surface area contributed by atoms with Crippen LogP contribution in [0.15, 0.2) is 59.5 Å². The highest BCUT2D eigenvalue weighted by molar-refractivity contribution is 7.89. The summed E-state index contributed by atoms with van der Waals surface area (Å²) in [5.74, 6) is -0.0862. The molecule has 2 fully saturated rings. The molecule has 0 bridgehead atoms. The predicted molar refractivity (Wildman–Crippen MR) is 104 cm³/mol. The first-order valence-corrected chi connectivity index (χ1v) is 11.0. The molecule has 6 heteroatoms. The molecule has 1 N–H and O–H groups in total. The van der Waals surface area contributed by atoms with Gasteiger partial charge in [0.25, 0.3) is 5.91 Å². The molecule has 1 aliphatic heterocycles. The summed E-state index contributed by atoms with van der Waals surface area (Å²) in [4.78, 5) is 15.1. The third kappa shape index (κ3) is 4.22. The number of nitrogens with zero attached hydrogens (tertiary/aromatic N) is 1. The number of rotatable bonds is 6. The molecule has 0 spiro atoms. The summed E-state index contributed by atoms with van der Waals surface area (Å²) in [5, 5.41) is 0. The van der Waals surface area contributed by atoms with Crippen LogP contribution in [0.5, 0.6) is 0 Å². The fraction of sp³-hybridized carbons (Fsp3) is 0.381. The van der Waals surface area contributed by atoms with E-state index >= 15 is 0 Å². The second kappa shape index (κ2) is 7.44. The Labute approximate surface area is 160 Å². The van der Waals surface area contributed by atoms with Crippen LogP contribution in [0.1, 0.15) is 41.6 Å². The van der Waals surface area contributed by atoms with Crippen molar-refractivity contribution in [1.82, 2.24) is 9.62 Å². The van der Waals surface area contributed by atoms with Crippen LogP contribution < -0.4 is 4.72 Å². The van der Waals surface area contributed by atoms with E-state index in [1.807, 2.05) is 23.1 Å². The third-order valence-electron chi connectivity index (χ3n) is 5.24. The van der Waals surface area contributed by atoms with Crippen molar-refractivity contribution in [1.29, 1.82) is 0 Å². The lowest BCUT2D eigenvalue weighted by atomic mass is 10.0. The van der Waals surface area contributed by atoms with Crippen molar-refractivity contribution in [2.45, 2.75) is 49.1 Å². The fourth-order valence-electron chi connectivity index (χ4n) is 3.65. The van der Waals surface area contributed by atoms with E-state index in [4.69, 9.17) is 0 Å². The monoisotopic (exact) mass is 384 g/mol. The third-order valence-corrected chi connectivity index (χ3v) is 6.76. The van der Waals surface area contributed by atoms with Gasteiger partial charge in [0.05, 0.1) is 4.90 Å². The molecule has 1 unspecified atom stereocenters. The molecule has 5 nitrogen and oxygen atoms in total. The van der Waals surface area contributed by atoms with Gasteiger partial charge in [0.1, 0.15) is 0 Å². The normalized spacial score (nSPS) is 20.0. The molecule has 142 valence electrons. The van der Waals surface area contributed by atoms with Gasteiger partial charge in [-0.05, 0) is 55.9 Å². The average molecular weight is 385 g/mol. The van der Waals surface area contributed by atoms with E-state index in [1.54, 1.807) is 18.2 Å². The fourth-order valence-corrected chi connectivity index (χ4v) is 5.00. The molecule has 1 atom stereocenters. The van der Waals surface area contributed by atoms with E-state index in [0.717, 1.165) is 32.1 Å². The molecule has 1 saturated heterocycles. The van der Waals surface area contributed by atoms with E-state index in [9.17, 15) is 13.2 Å². The van der Waals surface area contributed by atoms with Gasteiger partial charge in [-0.25, -0.2) is 13.1 Å².